The average Bonchev–Trinajstić information content (AvgIpc) is 2.46. The minimum Gasteiger partial charge on any atom is -0.463 e. The molecule has 1 rings (SSSR count). The molecule has 1 aromatic rings. The first-order valence-corrected chi connectivity index (χ1v) is 6.71. The number of hydrogen-bond donors (Lipinski definition) is 1. The van der Waals surface area contributed by atoms with Gasteiger partial charge in [0.15, 0.2) is 0 Å². The van der Waals surface area contributed by atoms with Gasteiger partial charge in [-0.05, 0) is 45.5 Å². The van der Waals surface area contributed by atoms with Gasteiger partial charge in [-0.15, -0.1) is 0 Å². The molecular formula is C16H21N3O2. The standard InChI is InChI=1S/C16H21N3O2/c1-6-21-15(20)13(4)10-18-16(17-5)19-14-11(2)8-7-9-12(14)3/h7-10H,5-6H2,1-4H3,(H,18,19)/b13-10+. The Hall–Kier alpha value is -2.43. The highest BCUT2D eigenvalue weighted by Crippen LogP contribution is 2.19. The number of benzene rings is 1. The van der Waals surface area contributed by atoms with Crippen molar-refractivity contribution in [2.75, 3.05) is 11.9 Å². The van der Waals surface area contributed by atoms with E-state index in [0.29, 0.717) is 18.1 Å². The van der Waals surface area contributed by atoms with Crippen molar-refractivity contribution in [2.24, 2.45) is 9.98 Å². The number of aliphatic imine (C=N–C) groups is 2. The van der Waals surface area contributed by atoms with Crippen molar-refractivity contribution >= 4 is 24.3 Å². The van der Waals surface area contributed by atoms with Gasteiger partial charge in [-0.1, -0.05) is 18.2 Å². The van der Waals surface area contributed by atoms with Gasteiger partial charge in [0.05, 0.1) is 12.2 Å². The number of para-hydroxylation sites is 1. The van der Waals surface area contributed by atoms with E-state index in [4.69, 9.17) is 4.74 Å². The molecule has 5 nitrogen and oxygen atoms in total. The van der Waals surface area contributed by atoms with E-state index in [1.165, 1.54) is 6.20 Å². The molecule has 0 amide bonds. The molecule has 0 aliphatic rings. The van der Waals surface area contributed by atoms with E-state index in [9.17, 15) is 4.79 Å². The number of ether oxygens (including phenoxy) is 1. The predicted octanol–water partition coefficient (Wildman–Crippen LogP) is 3.24. The van der Waals surface area contributed by atoms with E-state index in [-0.39, 0.29) is 0 Å². The number of rotatable bonds is 4. The van der Waals surface area contributed by atoms with Gasteiger partial charge in [0.2, 0.25) is 5.96 Å². The largest absolute Gasteiger partial charge is 0.463 e. The first-order chi connectivity index (χ1) is 9.99. The number of esters is 1. The topological polar surface area (TPSA) is 63.0 Å². The Balaban J connectivity index is 2.93. The highest BCUT2D eigenvalue weighted by Gasteiger charge is 2.06. The maximum absolute atomic E-state index is 11.5. The molecule has 5 heteroatoms. The third kappa shape index (κ3) is 4.87. The SMILES string of the molecule is C=N/C(=N\C=C(/C)C(=O)OCC)Nc1c(C)cccc1C. The van der Waals surface area contributed by atoms with Crippen LogP contribution < -0.4 is 5.32 Å². The van der Waals surface area contributed by atoms with Gasteiger partial charge in [0, 0.05) is 11.9 Å². The normalized spacial score (nSPS) is 12.0. The quantitative estimate of drug-likeness (QED) is 0.400. The first-order valence-electron chi connectivity index (χ1n) is 6.71. The van der Waals surface area contributed by atoms with Gasteiger partial charge in [0.25, 0.3) is 0 Å². The molecule has 0 saturated heterocycles. The van der Waals surface area contributed by atoms with E-state index in [2.05, 4.69) is 22.0 Å². The zero-order chi connectivity index (χ0) is 15.8. The Morgan fingerprint density at radius 1 is 1.38 bits per heavy atom. The minimum absolute atomic E-state index is 0.330. The zero-order valence-electron chi connectivity index (χ0n) is 12.9. The molecule has 0 radical (unpaired) electrons. The van der Waals surface area contributed by atoms with Crippen LogP contribution in [0.1, 0.15) is 25.0 Å². The van der Waals surface area contributed by atoms with Crippen LogP contribution in [0.5, 0.6) is 0 Å². The van der Waals surface area contributed by atoms with Crippen LogP contribution in [0.15, 0.2) is 40.0 Å². The lowest BCUT2D eigenvalue weighted by atomic mass is 10.1. The van der Waals surface area contributed by atoms with Crippen molar-refractivity contribution in [2.45, 2.75) is 27.7 Å². The molecule has 0 aromatic heterocycles. The van der Waals surface area contributed by atoms with Crippen LogP contribution in [0.3, 0.4) is 0 Å². The van der Waals surface area contributed by atoms with Crippen LogP contribution >= 0.6 is 0 Å². The molecule has 0 heterocycles. The highest BCUT2D eigenvalue weighted by molar-refractivity contribution is 5.98. The summed E-state index contributed by atoms with van der Waals surface area (Å²) in [5.41, 5.74) is 3.50. The van der Waals surface area contributed by atoms with E-state index < -0.39 is 5.97 Å². The summed E-state index contributed by atoms with van der Waals surface area (Å²) >= 11 is 0. The molecular weight excluding hydrogens is 266 g/mol. The average molecular weight is 287 g/mol. The van der Waals surface area contributed by atoms with Crippen LogP contribution in [0.25, 0.3) is 0 Å². The summed E-state index contributed by atoms with van der Waals surface area (Å²) in [6, 6.07) is 5.98. The third-order valence-electron chi connectivity index (χ3n) is 2.85. The Morgan fingerprint density at radius 3 is 2.52 bits per heavy atom. The van der Waals surface area contributed by atoms with Crippen molar-refractivity contribution in [3.8, 4) is 0 Å². The Labute approximate surface area is 125 Å². The molecule has 1 aromatic carbocycles. The van der Waals surface area contributed by atoms with Crippen LogP contribution in [0.2, 0.25) is 0 Å². The summed E-state index contributed by atoms with van der Waals surface area (Å²) in [5.74, 6) is -0.0622. The van der Waals surface area contributed by atoms with Gasteiger partial charge in [-0.3, -0.25) is 0 Å². The lowest BCUT2D eigenvalue weighted by molar-refractivity contribution is -0.138. The van der Waals surface area contributed by atoms with Crippen molar-refractivity contribution in [1.29, 1.82) is 0 Å². The monoisotopic (exact) mass is 287 g/mol. The first kappa shape index (κ1) is 16.6. The fourth-order valence-corrected chi connectivity index (χ4v) is 1.69. The Kier molecular flexibility index (Phi) is 6.33. The molecule has 0 bridgehead atoms. The van der Waals surface area contributed by atoms with E-state index in [1.807, 2.05) is 32.0 Å². The van der Waals surface area contributed by atoms with Crippen molar-refractivity contribution in [3.63, 3.8) is 0 Å². The maximum Gasteiger partial charge on any atom is 0.335 e. The van der Waals surface area contributed by atoms with E-state index in [1.54, 1.807) is 13.8 Å². The molecule has 0 spiro atoms. The van der Waals surface area contributed by atoms with Crippen LogP contribution in [0.4, 0.5) is 5.69 Å². The number of carbonyl (C=O) groups excluding carboxylic acids is 1. The molecule has 0 fully saturated rings. The lowest BCUT2D eigenvalue weighted by Crippen LogP contribution is -2.11. The number of anilines is 1. The van der Waals surface area contributed by atoms with Crippen LogP contribution in [-0.4, -0.2) is 25.3 Å². The molecule has 0 atom stereocenters. The number of hydrogen-bond acceptors (Lipinski definition) is 3. The number of aryl methyl sites for hydroxylation is 2. The second-order valence-electron chi connectivity index (χ2n) is 4.54. The summed E-state index contributed by atoms with van der Waals surface area (Å²) in [6.45, 7) is 11.2. The summed E-state index contributed by atoms with van der Waals surface area (Å²) in [4.78, 5) is 19.5. The van der Waals surface area contributed by atoms with Gasteiger partial charge >= 0.3 is 5.97 Å². The minimum atomic E-state index is -0.392. The van der Waals surface area contributed by atoms with Gasteiger partial charge < -0.3 is 10.1 Å². The predicted molar refractivity (Wildman–Crippen MR) is 86.9 cm³/mol. The lowest BCUT2D eigenvalue weighted by Gasteiger charge is -2.11. The number of nitrogens with zero attached hydrogens (tertiary/aromatic N) is 2. The second kappa shape index (κ2) is 7.99. The van der Waals surface area contributed by atoms with Gasteiger partial charge in [0.1, 0.15) is 0 Å². The molecule has 21 heavy (non-hydrogen) atoms. The molecule has 112 valence electrons. The molecule has 0 aliphatic heterocycles. The highest BCUT2D eigenvalue weighted by atomic mass is 16.5. The van der Waals surface area contributed by atoms with Gasteiger partial charge in [-0.25, -0.2) is 14.8 Å². The summed E-state index contributed by atoms with van der Waals surface area (Å²) in [5, 5.41) is 3.12. The fraction of sp³-hybridized carbons (Fsp3) is 0.312. The Bertz CT molecular complexity index is 569. The van der Waals surface area contributed by atoms with Crippen molar-refractivity contribution in [3.05, 3.63) is 41.1 Å². The summed E-state index contributed by atoms with van der Waals surface area (Å²) in [7, 11) is 0. The van der Waals surface area contributed by atoms with E-state index in [0.717, 1.165) is 16.8 Å². The van der Waals surface area contributed by atoms with Crippen LogP contribution in [0, 0.1) is 13.8 Å². The van der Waals surface area contributed by atoms with Crippen LogP contribution in [-0.2, 0) is 9.53 Å². The Morgan fingerprint density at radius 2 is 2.00 bits per heavy atom. The zero-order valence-corrected chi connectivity index (χ0v) is 12.9. The molecule has 0 aliphatic carbocycles. The smallest absolute Gasteiger partial charge is 0.335 e. The number of carbonyl (C=O) groups is 1. The molecule has 0 saturated carbocycles. The second-order valence-corrected chi connectivity index (χ2v) is 4.54. The van der Waals surface area contributed by atoms with Gasteiger partial charge in [-0.2, -0.15) is 0 Å². The number of guanidine groups is 1. The van der Waals surface area contributed by atoms with Crippen molar-refractivity contribution < 1.29 is 9.53 Å². The number of nitrogens with one attached hydrogen (secondary N) is 1. The third-order valence-corrected chi connectivity index (χ3v) is 2.85. The summed E-state index contributed by atoms with van der Waals surface area (Å²) in [6.07, 6.45) is 1.42. The maximum atomic E-state index is 11.5. The summed E-state index contributed by atoms with van der Waals surface area (Å²) < 4.78 is 4.88. The molecule has 0 unspecified atom stereocenters. The van der Waals surface area contributed by atoms with E-state index >= 15 is 0 Å². The fourth-order valence-electron chi connectivity index (χ4n) is 1.69. The van der Waals surface area contributed by atoms with Crippen molar-refractivity contribution in [1.82, 2.24) is 0 Å². The molecule has 1 N–H and O–H groups in total.